The van der Waals surface area contributed by atoms with Crippen molar-refractivity contribution in [1.82, 2.24) is 29.5 Å². The molecule has 0 bridgehead atoms. The Balaban J connectivity index is 1.55. The predicted octanol–water partition coefficient (Wildman–Crippen LogP) is 3.51. The van der Waals surface area contributed by atoms with Gasteiger partial charge < -0.3 is 9.72 Å². The van der Waals surface area contributed by atoms with Crippen molar-refractivity contribution < 1.29 is 9.53 Å². The molecule has 0 unspecified atom stereocenters. The van der Waals surface area contributed by atoms with E-state index in [0.717, 1.165) is 39.2 Å². The highest BCUT2D eigenvalue weighted by molar-refractivity contribution is 5.94. The van der Waals surface area contributed by atoms with Crippen LogP contribution in [0.1, 0.15) is 17.3 Å². The van der Waals surface area contributed by atoms with Crippen molar-refractivity contribution in [3.63, 3.8) is 0 Å². The molecule has 0 saturated heterocycles. The minimum Gasteiger partial charge on any atom is -0.462 e. The molecular formula is C21H16N6O2. The van der Waals surface area contributed by atoms with Crippen LogP contribution in [0.5, 0.6) is 0 Å². The maximum Gasteiger partial charge on any atom is 0.338 e. The average Bonchev–Trinajstić information content (AvgIpc) is 3.40. The van der Waals surface area contributed by atoms with E-state index in [9.17, 15) is 4.79 Å². The highest BCUT2D eigenvalue weighted by Crippen LogP contribution is 2.30. The van der Waals surface area contributed by atoms with Crippen LogP contribution >= 0.6 is 0 Å². The van der Waals surface area contributed by atoms with Crippen LogP contribution in [0.15, 0.2) is 61.3 Å². The van der Waals surface area contributed by atoms with Crippen molar-refractivity contribution in [2.24, 2.45) is 0 Å². The van der Waals surface area contributed by atoms with E-state index in [1.54, 1.807) is 23.6 Å². The molecule has 0 radical (unpaired) electrons. The Hall–Kier alpha value is -4.07. The summed E-state index contributed by atoms with van der Waals surface area (Å²) in [4.78, 5) is 28.2. The van der Waals surface area contributed by atoms with Crippen molar-refractivity contribution in [1.29, 1.82) is 0 Å². The summed E-state index contributed by atoms with van der Waals surface area (Å²) in [7, 11) is 0. The Labute approximate surface area is 165 Å². The fraction of sp³-hybridized carbons (Fsp3) is 0.0952. The van der Waals surface area contributed by atoms with E-state index in [4.69, 9.17) is 4.74 Å². The summed E-state index contributed by atoms with van der Waals surface area (Å²) in [6, 6.07) is 13.1. The minimum absolute atomic E-state index is 0.327. The lowest BCUT2D eigenvalue weighted by molar-refractivity contribution is 0.0526. The number of carbonyl (C=O) groups is 1. The minimum atomic E-state index is -0.327. The predicted molar refractivity (Wildman–Crippen MR) is 107 cm³/mol. The van der Waals surface area contributed by atoms with Gasteiger partial charge in [-0.15, -0.1) is 0 Å². The average molecular weight is 384 g/mol. The molecule has 0 aliphatic carbocycles. The number of pyridine rings is 1. The first-order valence-corrected chi connectivity index (χ1v) is 9.14. The first kappa shape index (κ1) is 17.1. The van der Waals surface area contributed by atoms with Crippen LogP contribution in [0, 0.1) is 0 Å². The van der Waals surface area contributed by atoms with Gasteiger partial charge in [0.1, 0.15) is 18.3 Å². The number of hydrogen-bond acceptors (Lipinski definition) is 6. The standard InChI is InChI=1S/C21H16N6O2/c1-2-29-21(28)14-5-3-13(4-6-14)17-9-16-19(23-11-24-20(16)26-17)15-7-8-18-22-12-25-27(18)10-15/h3-12H,2H2,1H3,(H,23,24,26). The van der Waals surface area contributed by atoms with Gasteiger partial charge in [-0.3, -0.25) is 0 Å². The second kappa shape index (κ2) is 6.83. The number of carbonyl (C=O) groups excluding carboxylic acids is 1. The van der Waals surface area contributed by atoms with Crippen LogP contribution in [-0.4, -0.2) is 42.1 Å². The number of fused-ring (bicyclic) bond motifs is 2. The molecule has 29 heavy (non-hydrogen) atoms. The largest absolute Gasteiger partial charge is 0.462 e. The molecule has 0 amide bonds. The van der Waals surface area contributed by atoms with Gasteiger partial charge in [0, 0.05) is 22.8 Å². The molecule has 1 aromatic carbocycles. The van der Waals surface area contributed by atoms with E-state index in [1.165, 1.54) is 12.7 Å². The van der Waals surface area contributed by atoms with E-state index in [2.05, 4.69) is 25.0 Å². The number of rotatable bonds is 4. The molecule has 0 fully saturated rings. The van der Waals surface area contributed by atoms with Crippen LogP contribution in [0.3, 0.4) is 0 Å². The maximum atomic E-state index is 11.8. The number of hydrogen-bond donors (Lipinski definition) is 1. The van der Waals surface area contributed by atoms with Gasteiger partial charge in [0.05, 0.1) is 17.9 Å². The number of nitrogens with zero attached hydrogens (tertiary/aromatic N) is 5. The molecule has 8 heteroatoms. The number of nitrogens with one attached hydrogen (secondary N) is 1. The summed E-state index contributed by atoms with van der Waals surface area (Å²) in [5, 5.41) is 5.09. The normalized spacial score (nSPS) is 11.2. The molecule has 5 rings (SSSR count). The topological polar surface area (TPSA) is 98.1 Å². The Kier molecular flexibility index (Phi) is 4.02. The van der Waals surface area contributed by atoms with Crippen LogP contribution in [0.4, 0.5) is 0 Å². The van der Waals surface area contributed by atoms with Crippen LogP contribution in [0.25, 0.3) is 39.2 Å². The SMILES string of the molecule is CCOC(=O)c1ccc(-c2cc3c(-c4ccc5ncnn5c4)ncnc3[nH]2)cc1. The molecule has 0 atom stereocenters. The summed E-state index contributed by atoms with van der Waals surface area (Å²) in [5.41, 5.74) is 5.58. The quantitative estimate of drug-likeness (QED) is 0.476. The van der Waals surface area contributed by atoms with Crippen molar-refractivity contribution >= 4 is 22.6 Å². The lowest BCUT2D eigenvalue weighted by atomic mass is 10.1. The van der Waals surface area contributed by atoms with Crippen LogP contribution in [-0.2, 0) is 4.74 Å². The van der Waals surface area contributed by atoms with Gasteiger partial charge in [0.2, 0.25) is 0 Å². The first-order valence-electron chi connectivity index (χ1n) is 9.14. The molecule has 0 aliphatic rings. The van der Waals surface area contributed by atoms with Crippen molar-refractivity contribution in [2.45, 2.75) is 6.92 Å². The molecule has 4 aromatic heterocycles. The van der Waals surface area contributed by atoms with E-state index in [-0.39, 0.29) is 5.97 Å². The molecule has 8 nitrogen and oxygen atoms in total. The van der Waals surface area contributed by atoms with Gasteiger partial charge in [-0.1, -0.05) is 12.1 Å². The smallest absolute Gasteiger partial charge is 0.338 e. The van der Waals surface area contributed by atoms with E-state index >= 15 is 0 Å². The summed E-state index contributed by atoms with van der Waals surface area (Å²) in [6.45, 7) is 2.14. The summed E-state index contributed by atoms with van der Waals surface area (Å²) >= 11 is 0. The molecule has 5 aromatic rings. The van der Waals surface area contributed by atoms with Crippen molar-refractivity contribution in [3.05, 3.63) is 66.9 Å². The fourth-order valence-corrected chi connectivity index (χ4v) is 3.28. The number of H-pyrrole nitrogens is 1. The van der Waals surface area contributed by atoms with Gasteiger partial charge in [0.15, 0.2) is 5.65 Å². The second-order valence-electron chi connectivity index (χ2n) is 6.45. The zero-order valence-electron chi connectivity index (χ0n) is 15.5. The Morgan fingerprint density at radius 3 is 2.69 bits per heavy atom. The maximum absolute atomic E-state index is 11.8. The van der Waals surface area contributed by atoms with E-state index < -0.39 is 0 Å². The Bertz CT molecular complexity index is 1340. The lowest BCUT2D eigenvalue weighted by Crippen LogP contribution is -2.03. The number of benzene rings is 1. The van der Waals surface area contributed by atoms with Crippen LogP contribution < -0.4 is 0 Å². The van der Waals surface area contributed by atoms with Gasteiger partial charge in [0.25, 0.3) is 0 Å². The molecule has 0 aliphatic heterocycles. The van der Waals surface area contributed by atoms with Crippen LogP contribution in [0.2, 0.25) is 0 Å². The molecule has 0 saturated carbocycles. The highest BCUT2D eigenvalue weighted by Gasteiger charge is 2.13. The number of esters is 1. The summed E-state index contributed by atoms with van der Waals surface area (Å²) in [6.07, 6.45) is 4.95. The second-order valence-corrected chi connectivity index (χ2v) is 6.45. The third kappa shape index (κ3) is 3.00. The third-order valence-corrected chi connectivity index (χ3v) is 4.68. The Morgan fingerprint density at radius 2 is 1.86 bits per heavy atom. The molecular weight excluding hydrogens is 368 g/mol. The zero-order valence-corrected chi connectivity index (χ0v) is 15.5. The number of aromatic nitrogens is 6. The van der Waals surface area contributed by atoms with Gasteiger partial charge in [-0.2, -0.15) is 5.10 Å². The van der Waals surface area contributed by atoms with Gasteiger partial charge >= 0.3 is 5.97 Å². The van der Waals surface area contributed by atoms with E-state index in [1.807, 2.05) is 36.5 Å². The first-order chi connectivity index (χ1) is 14.2. The Morgan fingerprint density at radius 1 is 1.03 bits per heavy atom. The van der Waals surface area contributed by atoms with Gasteiger partial charge in [-0.25, -0.2) is 24.3 Å². The molecule has 142 valence electrons. The monoisotopic (exact) mass is 384 g/mol. The molecule has 0 spiro atoms. The fourth-order valence-electron chi connectivity index (χ4n) is 3.28. The molecule has 4 heterocycles. The zero-order chi connectivity index (χ0) is 19.8. The number of ether oxygens (including phenoxy) is 1. The van der Waals surface area contributed by atoms with E-state index in [0.29, 0.717) is 12.2 Å². The van der Waals surface area contributed by atoms with Gasteiger partial charge in [-0.05, 0) is 42.8 Å². The summed E-state index contributed by atoms with van der Waals surface area (Å²) < 4.78 is 6.75. The third-order valence-electron chi connectivity index (χ3n) is 4.68. The number of aromatic amines is 1. The summed E-state index contributed by atoms with van der Waals surface area (Å²) in [5.74, 6) is -0.327. The van der Waals surface area contributed by atoms with Crippen molar-refractivity contribution in [3.8, 4) is 22.5 Å². The highest BCUT2D eigenvalue weighted by atomic mass is 16.5. The molecule has 1 N–H and O–H groups in total. The lowest BCUT2D eigenvalue weighted by Gasteiger charge is -2.03. The van der Waals surface area contributed by atoms with Crippen molar-refractivity contribution in [2.75, 3.05) is 6.61 Å².